The third-order valence-electron chi connectivity index (χ3n) is 5.99. The van der Waals surface area contributed by atoms with E-state index in [4.69, 9.17) is 14.6 Å². The Labute approximate surface area is 181 Å². The fourth-order valence-electron chi connectivity index (χ4n) is 4.51. The number of ether oxygens (including phenoxy) is 2. The lowest BCUT2D eigenvalue weighted by molar-refractivity contribution is 0.171. The minimum atomic E-state index is 0.122. The highest BCUT2D eigenvalue weighted by Gasteiger charge is 2.31. The Morgan fingerprint density at radius 1 is 0.742 bits per heavy atom. The fourth-order valence-corrected chi connectivity index (χ4v) is 4.51. The van der Waals surface area contributed by atoms with Gasteiger partial charge < -0.3 is 9.47 Å². The molecule has 0 fully saturated rings. The average Bonchev–Trinajstić information content (AvgIpc) is 3.29. The highest BCUT2D eigenvalue weighted by Crippen LogP contribution is 2.40. The number of fused-ring (bicyclic) bond motifs is 2. The van der Waals surface area contributed by atoms with Gasteiger partial charge in [-0.25, -0.2) is 0 Å². The van der Waals surface area contributed by atoms with Crippen LogP contribution in [0.1, 0.15) is 23.6 Å². The SMILES string of the molecule is c1ccc(N2N=C(c3ccc4c(c3)OCCO4)CC2c2cccc3ccccc23)cc1. The zero-order valence-corrected chi connectivity index (χ0v) is 17.1. The van der Waals surface area contributed by atoms with Crippen LogP contribution in [0, 0.1) is 0 Å². The largest absolute Gasteiger partial charge is 0.486 e. The number of nitrogens with zero attached hydrogens (tertiary/aromatic N) is 2. The minimum absolute atomic E-state index is 0.122. The summed E-state index contributed by atoms with van der Waals surface area (Å²) < 4.78 is 11.5. The summed E-state index contributed by atoms with van der Waals surface area (Å²) in [5, 5.41) is 9.78. The van der Waals surface area contributed by atoms with E-state index in [0.717, 1.165) is 34.9 Å². The van der Waals surface area contributed by atoms with Crippen LogP contribution in [0.4, 0.5) is 5.69 Å². The molecule has 4 aromatic rings. The molecule has 6 rings (SSSR count). The van der Waals surface area contributed by atoms with E-state index in [0.29, 0.717) is 13.2 Å². The molecule has 0 N–H and O–H groups in total. The lowest BCUT2D eigenvalue weighted by Crippen LogP contribution is -2.18. The van der Waals surface area contributed by atoms with Crippen molar-refractivity contribution in [3.8, 4) is 11.5 Å². The Bertz CT molecular complexity index is 1280. The first-order chi connectivity index (χ1) is 15.4. The second kappa shape index (κ2) is 7.47. The van der Waals surface area contributed by atoms with Crippen molar-refractivity contribution in [2.75, 3.05) is 18.2 Å². The molecule has 2 aliphatic heterocycles. The summed E-state index contributed by atoms with van der Waals surface area (Å²) in [7, 11) is 0. The molecule has 0 saturated heterocycles. The molecule has 4 nitrogen and oxygen atoms in total. The minimum Gasteiger partial charge on any atom is -0.486 e. The average molecular weight is 406 g/mol. The molecule has 31 heavy (non-hydrogen) atoms. The number of hydrogen-bond donors (Lipinski definition) is 0. The summed E-state index contributed by atoms with van der Waals surface area (Å²) in [5.41, 5.74) is 4.51. The molecule has 0 bridgehead atoms. The molecule has 0 spiro atoms. The molecular weight excluding hydrogens is 384 g/mol. The highest BCUT2D eigenvalue weighted by atomic mass is 16.6. The Morgan fingerprint density at radius 2 is 1.52 bits per heavy atom. The van der Waals surface area contributed by atoms with Crippen LogP contribution in [0.3, 0.4) is 0 Å². The molecule has 152 valence electrons. The first-order valence-electron chi connectivity index (χ1n) is 10.7. The number of hydrazone groups is 1. The van der Waals surface area contributed by atoms with Gasteiger partial charge in [-0.3, -0.25) is 5.01 Å². The van der Waals surface area contributed by atoms with Crippen LogP contribution >= 0.6 is 0 Å². The molecule has 1 atom stereocenters. The van der Waals surface area contributed by atoms with Crippen LogP contribution in [0.2, 0.25) is 0 Å². The van der Waals surface area contributed by atoms with E-state index in [-0.39, 0.29) is 6.04 Å². The van der Waals surface area contributed by atoms with E-state index >= 15 is 0 Å². The van der Waals surface area contributed by atoms with Gasteiger partial charge in [0.25, 0.3) is 0 Å². The Morgan fingerprint density at radius 3 is 2.42 bits per heavy atom. The smallest absolute Gasteiger partial charge is 0.162 e. The van der Waals surface area contributed by atoms with Gasteiger partial charge in [-0.05, 0) is 46.7 Å². The maximum absolute atomic E-state index is 5.81. The molecule has 1 unspecified atom stereocenters. The molecule has 2 heterocycles. The second-order valence-electron chi connectivity index (χ2n) is 7.87. The normalized spacial score (nSPS) is 17.6. The molecule has 0 radical (unpaired) electrons. The van der Waals surface area contributed by atoms with Crippen molar-refractivity contribution in [3.63, 3.8) is 0 Å². The molecule has 4 heteroatoms. The van der Waals surface area contributed by atoms with Gasteiger partial charge in [0.05, 0.1) is 17.4 Å². The highest BCUT2D eigenvalue weighted by molar-refractivity contribution is 6.04. The molecule has 0 saturated carbocycles. The van der Waals surface area contributed by atoms with E-state index in [1.165, 1.54) is 16.3 Å². The third kappa shape index (κ3) is 3.21. The summed E-state index contributed by atoms with van der Waals surface area (Å²) in [6.07, 6.45) is 0.822. The van der Waals surface area contributed by atoms with Crippen LogP contribution < -0.4 is 14.5 Å². The van der Waals surface area contributed by atoms with Crippen LogP contribution in [0.5, 0.6) is 11.5 Å². The van der Waals surface area contributed by atoms with Crippen molar-refractivity contribution in [2.45, 2.75) is 12.5 Å². The molecule has 0 aromatic heterocycles. The maximum Gasteiger partial charge on any atom is 0.162 e. The zero-order chi connectivity index (χ0) is 20.6. The lowest BCUT2D eigenvalue weighted by atomic mass is 9.93. The van der Waals surface area contributed by atoms with Crippen molar-refractivity contribution in [1.29, 1.82) is 0 Å². The summed E-state index contributed by atoms with van der Waals surface area (Å²) >= 11 is 0. The van der Waals surface area contributed by atoms with E-state index in [1.807, 2.05) is 12.1 Å². The van der Waals surface area contributed by atoms with Crippen molar-refractivity contribution in [1.82, 2.24) is 0 Å². The van der Waals surface area contributed by atoms with Gasteiger partial charge in [-0.1, -0.05) is 60.7 Å². The first-order valence-corrected chi connectivity index (χ1v) is 10.7. The number of hydrogen-bond acceptors (Lipinski definition) is 4. The standard InChI is InChI=1S/C27H22N2O2/c1-2-9-21(10-3-1)29-25(23-12-6-8-19-7-4-5-11-22(19)23)18-24(28-29)20-13-14-26-27(17-20)31-16-15-30-26/h1-14,17,25H,15-16,18H2. The summed E-state index contributed by atoms with van der Waals surface area (Å²) in [6, 6.07) is 31.8. The Kier molecular flexibility index (Phi) is 4.34. The van der Waals surface area contributed by atoms with Gasteiger partial charge in [0.2, 0.25) is 0 Å². The molecule has 0 aliphatic carbocycles. The Hall–Kier alpha value is -3.79. The zero-order valence-electron chi connectivity index (χ0n) is 17.1. The maximum atomic E-state index is 5.81. The monoisotopic (exact) mass is 406 g/mol. The third-order valence-corrected chi connectivity index (χ3v) is 5.99. The van der Waals surface area contributed by atoms with Gasteiger partial charge >= 0.3 is 0 Å². The summed E-state index contributed by atoms with van der Waals surface area (Å²) in [6.45, 7) is 1.18. The van der Waals surface area contributed by atoms with Crippen molar-refractivity contribution in [3.05, 3.63) is 102 Å². The van der Waals surface area contributed by atoms with Crippen LogP contribution in [0.25, 0.3) is 10.8 Å². The van der Waals surface area contributed by atoms with Crippen LogP contribution in [0.15, 0.2) is 96.1 Å². The van der Waals surface area contributed by atoms with Crippen LogP contribution in [-0.2, 0) is 0 Å². The second-order valence-corrected chi connectivity index (χ2v) is 7.87. The molecular formula is C27H22N2O2. The summed E-state index contributed by atoms with van der Waals surface area (Å²) in [5.74, 6) is 1.60. The topological polar surface area (TPSA) is 34.1 Å². The van der Waals surface area contributed by atoms with Crippen molar-refractivity contribution < 1.29 is 9.47 Å². The predicted molar refractivity (Wildman–Crippen MR) is 124 cm³/mol. The number of anilines is 1. The van der Waals surface area contributed by atoms with Crippen molar-refractivity contribution >= 4 is 22.2 Å². The van der Waals surface area contributed by atoms with Crippen molar-refractivity contribution in [2.24, 2.45) is 5.10 Å². The van der Waals surface area contributed by atoms with Gasteiger partial charge in [-0.2, -0.15) is 5.10 Å². The van der Waals surface area contributed by atoms with Gasteiger partial charge in [0.1, 0.15) is 13.2 Å². The van der Waals surface area contributed by atoms with Gasteiger partial charge in [0, 0.05) is 12.0 Å². The van der Waals surface area contributed by atoms with E-state index in [1.54, 1.807) is 0 Å². The van der Waals surface area contributed by atoms with Gasteiger partial charge in [0.15, 0.2) is 11.5 Å². The molecule has 2 aliphatic rings. The lowest BCUT2D eigenvalue weighted by Gasteiger charge is -2.25. The predicted octanol–water partition coefficient (Wildman–Crippen LogP) is 5.97. The van der Waals surface area contributed by atoms with E-state index < -0.39 is 0 Å². The first kappa shape index (κ1) is 18.0. The van der Waals surface area contributed by atoms with E-state index in [9.17, 15) is 0 Å². The van der Waals surface area contributed by atoms with Gasteiger partial charge in [-0.15, -0.1) is 0 Å². The quantitative estimate of drug-likeness (QED) is 0.421. The molecule has 4 aromatic carbocycles. The molecule has 0 amide bonds. The summed E-state index contributed by atoms with van der Waals surface area (Å²) in [4.78, 5) is 0. The van der Waals surface area contributed by atoms with E-state index in [2.05, 4.69) is 83.9 Å². The Balaban J connectivity index is 1.45. The number of rotatable bonds is 3. The number of benzene rings is 4. The van der Waals surface area contributed by atoms with Crippen LogP contribution in [-0.4, -0.2) is 18.9 Å². The fraction of sp³-hybridized carbons (Fsp3) is 0.148. The number of para-hydroxylation sites is 1.